The van der Waals surface area contributed by atoms with E-state index in [1.807, 2.05) is 0 Å². The summed E-state index contributed by atoms with van der Waals surface area (Å²) in [4.78, 5) is 25.8. The fraction of sp³-hybridized carbons (Fsp3) is 0.846. The molecule has 1 saturated heterocycles. The molecule has 2 unspecified atom stereocenters. The van der Waals surface area contributed by atoms with E-state index in [1.165, 1.54) is 0 Å². The fourth-order valence-corrected chi connectivity index (χ4v) is 2.13. The van der Waals surface area contributed by atoms with E-state index >= 15 is 0 Å². The van der Waals surface area contributed by atoms with Crippen LogP contribution in [0.25, 0.3) is 0 Å². The monoisotopic (exact) mass is 269 g/mol. The second-order valence-electron chi connectivity index (χ2n) is 5.33. The van der Waals surface area contributed by atoms with Gasteiger partial charge in [-0.1, -0.05) is 0 Å². The van der Waals surface area contributed by atoms with Gasteiger partial charge in [-0.3, -0.25) is 14.9 Å². The maximum absolute atomic E-state index is 12.2. The van der Waals surface area contributed by atoms with Crippen molar-refractivity contribution in [3.05, 3.63) is 0 Å². The average molecular weight is 269 g/mol. The standard InChI is InChI=1S/C13H23N3O3/c1-9(12(17)15-11-3-4-11)14-10(2)13(18)16-5-7-19-8-6-16/h9-11,14H,3-8H2,1-2H3,(H,15,17). The van der Waals surface area contributed by atoms with E-state index in [0.29, 0.717) is 32.3 Å². The number of nitrogens with one attached hydrogen (secondary N) is 2. The lowest BCUT2D eigenvalue weighted by molar-refractivity contribution is -0.137. The third-order valence-corrected chi connectivity index (χ3v) is 3.51. The predicted octanol–water partition coefficient (Wildman–Crippen LogP) is -0.510. The van der Waals surface area contributed by atoms with Crippen LogP contribution in [0.5, 0.6) is 0 Å². The molecule has 0 bridgehead atoms. The van der Waals surface area contributed by atoms with Gasteiger partial charge in [0.2, 0.25) is 11.8 Å². The largest absolute Gasteiger partial charge is 0.378 e. The SMILES string of the molecule is CC(NC(C)C(=O)N1CCOCC1)C(=O)NC1CC1. The summed E-state index contributed by atoms with van der Waals surface area (Å²) in [6, 6.07) is -0.347. The molecule has 2 atom stereocenters. The summed E-state index contributed by atoms with van der Waals surface area (Å²) < 4.78 is 5.22. The number of hydrogen-bond donors (Lipinski definition) is 2. The van der Waals surface area contributed by atoms with Gasteiger partial charge in [-0.15, -0.1) is 0 Å². The summed E-state index contributed by atoms with van der Waals surface area (Å²) in [5.74, 6) is 0.0125. The molecule has 0 aromatic carbocycles. The highest BCUT2D eigenvalue weighted by Gasteiger charge is 2.28. The van der Waals surface area contributed by atoms with Crippen molar-refractivity contribution < 1.29 is 14.3 Å². The van der Waals surface area contributed by atoms with Crippen LogP contribution in [-0.2, 0) is 14.3 Å². The van der Waals surface area contributed by atoms with Crippen LogP contribution in [0.1, 0.15) is 26.7 Å². The highest BCUT2D eigenvalue weighted by Crippen LogP contribution is 2.18. The molecule has 6 heteroatoms. The molecule has 0 spiro atoms. The van der Waals surface area contributed by atoms with Gasteiger partial charge in [-0.25, -0.2) is 0 Å². The van der Waals surface area contributed by atoms with E-state index in [9.17, 15) is 9.59 Å². The first-order chi connectivity index (χ1) is 9.08. The van der Waals surface area contributed by atoms with Crippen molar-refractivity contribution in [1.82, 2.24) is 15.5 Å². The Kier molecular flexibility index (Phi) is 4.76. The number of hydrogen-bond acceptors (Lipinski definition) is 4. The number of carbonyl (C=O) groups is 2. The van der Waals surface area contributed by atoms with Crippen LogP contribution < -0.4 is 10.6 Å². The highest BCUT2D eigenvalue weighted by molar-refractivity contribution is 5.85. The smallest absolute Gasteiger partial charge is 0.239 e. The van der Waals surface area contributed by atoms with Crippen molar-refractivity contribution in [3.63, 3.8) is 0 Å². The lowest BCUT2D eigenvalue weighted by Gasteiger charge is -2.30. The summed E-state index contributed by atoms with van der Waals surface area (Å²) in [6.07, 6.45) is 2.14. The minimum Gasteiger partial charge on any atom is -0.378 e. The summed E-state index contributed by atoms with van der Waals surface area (Å²) in [6.45, 7) is 6.05. The normalized spacial score (nSPS) is 22.7. The van der Waals surface area contributed by atoms with Gasteiger partial charge in [0.05, 0.1) is 25.3 Å². The maximum atomic E-state index is 12.2. The Hall–Kier alpha value is -1.14. The molecular formula is C13H23N3O3. The molecule has 1 aliphatic carbocycles. The molecule has 1 heterocycles. The summed E-state index contributed by atoms with van der Waals surface area (Å²) >= 11 is 0. The highest BCUT2D eigenvalue weighted by atomic mass is 16.5. The molecular weight excluding hydrogens is 246 g/mol. The summed E-state index contributed by atoms with van der Waals surface area (Å²) in [5, 5.41) is 6.00. The summed E-state index contributed by atoms with van der Waals surface area (Å²) in [5.41, 5.74) is 0. The molecule has 108 valence electrons. The Labute approximate surface area is 113 Å². The first-order valence-electron chi connectivity index (χ1n) is 7.01. The zero-order valence-corrected chi connectivity index (χ0v) is 11.6. The van der Waals surface area contributed by atoms with Gasteiger partial charge in [0, 0.05) is 19.1 Å². The molecule has 1 saturated carbocycles. The van der Waals surface area contributed by atoms with Crippen LogP contribution in [0.4, 0.5) is 0 Å². The van der Waals surface area contributed by atoms with Gasteiger partial charge in [-0.05, 0) is 26.7 Å². The van der Waals surface area contributed by atoms with Crippen molar-refractivity contribution in [2.24, 2.45) is 0 Å². The number of ether oxygens (including phenoxy) is 1. The van der Waals surface area contributed by atoms with Crippen LogP contribution in [0.3, 0.4) is 0 Å². The van der Waals surface area contributed by atoms with E-state index in [2.05, 4.69) is 10.6 Å². The molecule has 0 radical (unpaired) electrons. The molecule has 2 N–H and O–H groups in total. The van der Waals surface area contributed by atoms with E-state index in [4.69, 9.17) is 4.74 Å². The molecule has 2 aliphatic rings. The summed E-state index contributed by atoms with van der Waals surface area (Å²) in [7, 11) is 0. The van der Waals surface area contributed by atoms with Crippen molar-refractivity contribution in [2.45, 2.75) is 44.8 Å². The molecule has 2 fully saturated rings. The molecule has 2 rings (SSSR count). The predicted molar refractivity (Wildman–Crippen MR) is 70.6 cm³/mol. The third kappa shape index (κ3) is 4.18. The van der Waals surface area contributed by atoms with Crippen LogP contribution in [0, 0.1) is 0 Å². The fourth-order valence-electron chi connectivity index (χ4n) is 2.13. The Morgan fingerprint density at radius 1 is 1.16 bits per heavy atom. The quantitative estimate of drug-likeness (QED) is 0.705. The van der Waals surface area contributed by atoms with E-state index in [0.717, 1.165) is 12.8 Å². The third-order valence-electron chi connectivity index (χ3n) is 3.51. The van der Waals surface area contributed by atoms with Crippen LogP contribution >= 0.6 is 0 Å². The van der Waals surface area contributed by atoms with Crippen LogP contribution in [0.2, 0.25) is 0 Å². The minimum atomic E-state index is -0.349. The van der Waals surface area contributed by atoms with Crippen LogP contribution in [-0.4, -0.2) is 61.1 Å². The first-order valence-corrected chi connectivity index (χ1v) is 7.01. The van der Waals surface area contributed by atoms with E-state index in [-0.39, 0.29) is 23.9 Å². The van der Waals surface area contributed by atoms with Crippen molar-refractivity contribution in [1.29, 1.82) is 0 Å². The molecule has 0 aromatic rings. The lowest BCUT2D eigenvalue weighted by Crippen LogP contribution is -2.54. The maximum Gasteiger partial charge on any atom is 0.239 e. The Balaban J connectivity index is 1.76. The van der Waals surface area contributed by atoms with Crippen LogP contribution in [0.15, 0.2) is 0 Å². The number of morpholine rings is 1. The molecule has 2 amide bonds. The minimum absolute atomic E-state index is 0.0240. The Morgan fingerprint density at radius 2 is 1.79 bits per heavy atom. The Bertz CT molecular complexity index is 338. The zero-order valence-electron chi connectivity index (χ0n) is 11.6. The molecule has 0 aromatic heterocycles. The lowest BCUT2D eigenvalue weighted by atomic mass is 10.2. The zero-order chi connectivity index (χ0) is 13.8. The molecule has 1 aliphatic heterocycles. The molecule has 19 heavy (non-hydrogen) atoms. The molecule has 6 nitrogen and oxygen atoms in total. The van der Waals surface area contributed by atoms with Crippen molar-refractivity contribution >= 4 is 11.8 Å². The number of carbonyl (C=O) groups excluding carboxylic acids is 2. The topological polar surface area (TPSA) is 70.7 Å². The first kappa shape index (κ1) is 14.3. The van der Waals surface area contributed by atoms with Gasteiger partial charge < -0.3 is 15.0 Å². The number of nitrogens with zero attached hydrogens (tertiary/aromatic N) is 1. The number of amides is 2. The second-order valence-corrected chi connectivity index (χ2v) is 5.33. The van der Waals surface area contributed by atoms with E-state index in [1.54, 1.807) is 18.7 Å². The van der Waals surface area contributed by atoms with Gasteiger partial charge in [0.1, 0.15) is 0 Å². The second kappa shape index (κ2) is 6.34. The van der Waals surface area contributed by atoms with Gasteiger partial charge in [0.15, 0.2) is 0 Å². The van der Waals surface area contributed by atoms with E-state index < -0.39 is 0 Å². The Morgan fingerprint density at radius 3 is 2.37 bits per heavy atom. The number of rotatable bonds is 5. The van der Waals surface area contributed by atoms with Gasteiger partial charge >= 0.3 is 0 Å². The average Bonchev–Trinajstić information content (AvgIpc) is 3.22. The van der Waals surface area contributed by atoms with Crippen molar-refractivity contribution in [3.8, 4) is 0 Å². The van der Waals surface area contributed by atoms with Crippen molar-refractivity contribution in [2.75, 3.05) is 26.3 Å². The van der Waals surface area contributed by atoms with Gasteiger partial charge in [0.25, 0.3) is 0 Å². The van der Waals surface area contributed by atoms with Gasteiger partial charge in [-0.2, -0.15) is 0 Å².